The van der Waals surface area contributed by atoms with E-state index in [4.69, 9.17) is 4.74 Å². The van der Waals surface area contributed by atoms with Crippen LogP contribution in [0.15, 0.2) is 35.7 Å². The summed E-state index contributed by atoms with van der Waals surface area (Å²) in [5, 5.41) is 5.13. The molecule has 2 aromatic heterocycles. The largest absolute Gasteiger partial charge is 0.380 e. The minimum atomic E-state index is -0.168. The van der Waals surface area contributed by atoms with Gasteiger partial charge in [-0.05, 0) is 49.9 Å². The highest BCUT2D eigenvalue weighted by atomic mass is 32.1. The van der Waals surface area contributed by atoms with Gasteiger partial charge in [-0.2, -0.15) is 0 Å². The lowest BCUT2D eigenvalue weighted by atomic mass is 9.93. The Morgan fingerprint density at radius 1 is 1.29 bits per heavy atom. The third-order valence-electron chi connectivity index (χ3n) is 5.25. The number of ether oxygens (including phenoxy) is 1. The Kier molecular flexibility index (Phi) is 5.29. The van der Waals surface area contributed by atoms with Gasteiger partial charge in [0.2, 0.25) is 0 Å². The molecule has 0 aliphatic heterocycles. The average Bonchev–Trinajstić information content (AvgIpc) is 3.34. The maximum absolute atomic E-state index is 12.9. The smallest absolute Gasteiger partial charge is 0.179 e. The van der Waals surface area contributed by atoms with E-state index >= 15 is 0 Å². The Bertz CT molecular complexity index is 1150. The van der Waals surface area contributed by atoms with Crippen LogP contribution >= 0.6 is 11.3 Å². The van der Waals surface area contributed by atoms with Crippen LogP contribution in [0.3, 0.4) is 0 Å². The number of Topliss-reactive ketones (excluding diaryl/α,β-unsaturated/α-hetero) is 2. The lowest BCUT2D eigenvalue weighted by molar-refractivity contribution is 0.0957. The zero-order valence-corrected chi connectivity index (χ0v) is 16.9. The van der Waals surface area contributed by atoms with Crippen molar-refractivity contribution in [2.24, 2.45) is 5.92 Å². The Labute approximate surface area is 167 Å². The van der Waals surface area contributed by atoms with Gasteiger partial charge in [-0.25, -0.2) is 0 Å². The topological polar surface area (TPSA) is 48.3 Å². The van der Waals surface area contributed by atoms with E-state index in [1.807, 2.05) is 42.6 Å². The third-order valence-corrected chi connectivity index (χ3v) is 6.13. The fourth-order valence-corrected chi connectivity index (χ4v) is 4.58. The number of carbonyl (C=O) groups excluding carboxylic acids is 2. The van der Waals surface area contributed by atoms with Crippen LogP contribution in [0, 0.1) is 5.92 Å². The third kappa shape index (κ3) is 3.36. The molecule has 0 radical (unpaired) electrons. The molecule has 4 nitrogen and oxygen atoms in total. The van der Waals surface area contributed by atoms with Crippen molar-refractivity contribution in [2.75, 3.05) is 13.2 Å². The highest BCUT2D eigenvalue weighted by Crippen LogP contribution is 2.22. The van der Waals surface area contributed by atoms with E-state index in [1.165, 1.54) is 11.3 Å². The second-order valence-corrected chi connectivity index (χ2v) is 7.94. The molecule has 0 spiro atoms. The first-order valence-electron chi connectivity index (χ1n) is 9.61. The van der Waals surface area contributed by atoms with Crippen LogP contribution in [0.2, 0.25) is 0 Å². The first-order chi connectivity index (χ1) is 13.6. The van der Waals surface area contributed by atoms with Crippen LogP contribution < -0.4 is 10.6 Å². The average molecular weight is 394 g/mol. The number of hydrogen-bond donors (Lipinski definition) is 0. The summed E-state index contributed by atoms with van der Waals surface area (Å²) >= 11 is 1.48. The van der Waals surface area contributed by atoms with Crippen molar-refractivity contribution in [3.63, 3.8) is 0 Å². The second kappa shape index (κ2) is 7.86. The molecule has 0 N–H and O–H groups in total. The Balaban J connectivity index is 1.86. The van der Waals surface area contributed by atoms with Crippen LogP contribution in [0.1, 0.15) is 40.3 Å². The molecule has 4 rings (SSSR count). The van der Waals surface area contributed by atoms with Crippen LogP contribution in [0.4, 0.5) is 0 Å². The van der Waals surface area contributed by atoms with Gasteiger partial charge in [-0.3, -0.25) is 9.59 Å². The van der Waals surface area contributed by atoms with E-state index < -0.39 is 0 Å². The van der Waals surface area contributed by atoms with E-state index in [0.717, 1.165) is 32.9 Å². The van der Waals surface area contributed by atoms with Crippen LogP contribution in [-0.4, -0.2) is 29.3 Å². The molecule has 0 fully saturated rings. The molecule has 1 atom stereocenters. The predicted octanol–water partition coefficient (Wildman–Crippen LogP) is 3.41. The molecule has 28 heavy (non-hydrogen) atoms. The summed E-state index contributed by atoms with van der Waals surface area (Å²) < 4.78 is 7.81. The number of ketones is 2. The maximum Gasteiger partial charge on any atom is 0.179 e. The van der Waals surface area contributed by atoms with Crippen LogP contribution in [0.5, 0.6) is 0 Å². The van der Waals surface area contributed by atoms with Crippen molar-refractivity contribution in [3.8, 4) is 0 Å². The summed E-state index contributed by atoms with van der Waals surface area (Å²) in [6.45, 7) is 5.63. The monoisotopic (exact) mass is 393 g/mol. The van der Waals surface area contributed by atoms with Gasteiger partial charge >= 0.3 is 0 Å². The molecule has 2 heterocycles. The highest BCUT2D eigenvalue weighted by molar-refractivity contribution is 7.12. The summed E-state index contributed by atoms with van der Waals surface area (Å²) in [7, 11) is 0. The van der Waals surface area contributed by atoms with Gasteiger partial charge in [0, 0.05) is 46.1 Å². The van der Waals surface area contributed by atoms with E-state index in [0.29, 0.717) is 25.2 Å². The number of aromatic nitrogens is 1. The maximum atomic E-state index is 12.9. The standard InChI is InChI=1S/C23H23NO3S/c1-3-27-11-10-24-20-8-6-16(15(2)25)13-18(20)19-14-17(7-9-21(19)24)23(26)22-5-4-12-28-22/h4-6,8-9,12-14,17H,3,7,10-11H2,1-2H3. The highest BCUT2D eigenvalue weighted by Gasteiger charge is 2.22. The van der Waals surface area contributed by atoms with Gasteiger partial charge in [0.25, 0.3) is 0 Å². The molecular weight excluding hydrogens is 370 g/mol. The predicted molar refractivity (Wildman–Crippen MR) is 113 cm³/mol. The fourth-order valence-electron chi connectivity index (χ4n) is 3.85. The molecule has 0 saturated carbocycles. The molecule has 0 amide bonds. The molecule has 5 heteroatoms. The van der Waals surface area contributed by atoms with Gasteiger partial charge in [-0.15, -0.1) is 11.3 Å². The zero-order chi connectivity index (χ0) is 19.7. The lowest BCUT2D eigenvalue weighted by Crippen LogP contribution is -2.35. The minimum absolute atomic E-state index is 0.0451. The van der Waals surface area contributed by atoms with E-state index in [9.17, 15) is 9.59 Å². The molecule has 144 valence electrons. The molecular formula is C23H23NO3S. The van der Waals surface area contributed by atoms with E-state index in [-0.39, 0.29) is 17.5 Å². The van der Waals surface area contributed by atoms with Gasteiger partial charge in [-0.1, -0.05) is 18.2 Å². The second-order valence-electron chi connectivity index (χ2n) is 6.99. The number of thiophene rings is 1. The SMILES string of the molecule is CCOCCn1c2c(c3cc(C(C)=O)ccc31)=CC(C(=O)c1cccs1)CC=2. The molecule has 1 aliphatic carbocycles. The Morgan fingerprint density at radius 2 is 2.14 bits per heavy atom. The van der Waals surface area contributed by atoms with Gasteiger partial charge in [0.05, 0.1) is 11.5 Å². The van der Waals surface area contributed by atoms with Crippen molar-refractivity contribution in [1.82, 2.24) is 4.57 Å². The summed E-state index contributed by atoms with van der Waals surface area (Å²) in [6.07, 6.45) is 4.93. The molecule has 0 bridgehead atoms. The minimum Gasteiger partial charge on any atom is -0.380 e. The fraction of sp³-hybridized carbons (Fsp3) is 0.304. The lowest BCUT2D eigenvalue weighted by Gasteiger charge is -2.12. The van der Waals surface area contributed by atoms with Crippen molar-refractivity contribution >= 4 is 46.0 Å². The van der Waals surface area contributed by atoms with Gasteiger partial charge in [0.15, 0.2) is 11.6 Å². The number of carbonyl (C=O) groups is 2. The Morgan fingerprint density at radius 3 is 2.86 bits per heavy atom. The molecule has 1 aromatic carbocycles. The Hall–Kier alpha value is -2.50. The van der Waals surface area contributed by atoms with Crippen molar-refractivity contribution in [3.05, 3.63) is 56.7 Å². The number of fused-ring (bicyclic) bond motifs is 3. The number of benzene rings is 1. The van der Waals surface area contributed by atoms with Gasteiger partial charge < -0.3 is 9.30 Å². The van der Waals surface area contributed by atoms with Crippen LogP contribution in [-0.2, 0) is 11.3 Å². The van der Waals surface area contributed by atoms with Crippen LogP contribution in [0.25, 0.3) is 23.1 Å². The summed E-state index contributed by atoms with van der Waals surface area (Å²) in [6, 6.07) is 9.63. The quantitative estimate of drug-likeness (QED) is 0.457. The summed E-state index contributed by atoms with van der Waals surface area (Å²) in [4.78, 5) is 25.6. The summed E-state index contributed by atoms with van der Waals surface area (Å²) in [5.74, 6) is 0.0385. The first kappa shape index (κ1) is 18.8. The number of nitrogens with zero attached hydrogens (tertiary/aromatic N) is 1. The number of rotatable bonds is 7. The zero-order valence-electron chi connectivity index (χ0n) is 16.1. The molecule has 0 saturated heterocycles. The molecule has 3 aromatic rings. The normalized spacial score (nSPS) is 15.7. The first-order valence-corrected chi connectivity index (χ1v) is 10.5. The molecule has 1 unspecified atom stereocenters. The van der Waals surface area contributed by atoms with Crippen molar-refractivity contribution < 1.29 is 14.3 Å². The van der Waals surface area contributed by atoms with Gasteiger partial charge in [0.1, 0.15) is 0 Å². The van der Waals surface area contributed by atoms with E-state index in [1.54, 1.807) is 6.92 Å². The summed E-state index contributed by atoms with van der Waals surface area (Å²) in [5.41, 5.74) is 1.77. The molecule has 1 aliphatic rings. The van der Waals surface area contributed by atoms with Crippen molar-refractivity contribution in [1.29, 1.82) is 0 Å². The number of hydrogen-bond acceptors (Lipinski definition) is 4. The van der Waals surface area contributed by atoms with E-state index in [2.05, 4.69) is 16.7 Å². The van der Waals surface area contributed by atoms with Crippen molar-refractivity contribution in [2.45, 2.75) is 26.8 Å².